The third-order valence-corrected chi connectivity index (χ3v) is 2.09. The summed E-state index contributed by atoms with van der Waals surface area (Å²) in [5, 5.41) is 2.76. The number of likely N-dealkylation sites (tertiary alicyclic amines) is 1. The second-order valence-corrected chi connectivity index (χ2v) is 5.02. The number of rotatable bonds is 2. The lowest BCUT2D eigenvalue weighted by molar-refractivity contribution is -0.0489. The van der Waals surface area contributed by atoms with E-state index < -0.39 is 17.4 Å². The number of carbonyl (C=O) groups is 1. The highest BCUT2D eigenvalue weighted by atomic mass is 19.1. The maximum absolute atomic E-state index is 13.6. The average Bonchev–Trinajstić information content (AvgIpc) is 1.96. The first-order chi connectivity index (χ1) is 6.76. The minimum atomic E-state index is -1.29. The van der Waals surface area contributed by atoms with Crippen LogP contribution in [0.15, 0.2) is 0 Å². The SMILES string of the molecule is CNCC1(F)CN(C(=O)OC(C)(C)C)C1. The van der Waals surface area contributed by atoms with Crippen molar-refractivity contribution in [3.8, 4) is 0 Å². The lowest BCUT2D eigenvalue weighted by atomic mass is 9.97. The van der Waals surface area contributed by atoms with Crippen LogP contribution in [0.4, 0.5) is 9.18 Å². The standard InChI is InChI=1S/C10H19FN2O2/c1-9(2,3)15-8(14)13-6-10(11,7-13)5-12-4/h12H,5-7H2,1-4H3. The van der Waals surface area contributed by atoms with Gasteiger partial charge in [-0.3, -0.25) is 0 Å². The number of nitrogens with one attached hydrogen (secondary N) is 1. The summed E-state index contributed by atoms with van der Waals surface area (Å²) in [5.41, 5.74) is -1.81. The third kappa shape index (κ3) is 3.34. The molecule has 1 aliphatic heterocycles. The molecule has 1 N–H and O–H groups in total. The number of hydrogen-bond donors (Lipinski definition) is 1. The smallest absolute Gasteiger partial charge is 0.410 e. The number of ether oxygens (including phenoxy) is 1. The number of halogens is 1. The molecule has 1 amide bonds. The average molecular weight is 218 g/mol. The molecule has 0 atom stereocenters. The molecule has 4 nitrogen and oxygen atoms in total. The molecule has 1 aliphatic rings. The summed E-state index contributed by atoms with van der Waals surface area (Å²) in [7, 11) is 1.69. The molecule has 0 spiro atoms. The van der Waals surface area contributed by atoms with Crippen molar-refractivity contribution < 1.29 is 13.9 Å². The molecule has 0 unspecified atom stereocenters. The molecule has 0 aromatic rings. The van der Waals surface area contributed by atoms with Gasteiger partial charge in [-0.15, -0.1) is 0 Å². The van der Waals surface area contributed by atoms with E-state index in [-0.39, 0.29) is 19.6 Å². The van der Waals surface area contributed by atoms with Crippen LogP contribution >= 0.6 is 0 Å². The molecule has 15 heavy (non-hydrogen) atoms. The fourth-order valence-corrected chi connectivity index (χ4v) is 1.52. The highest BCUT2D eigenvalue weighted by molar-refractivity contribution is 5.69. The Morgan fingerprint density at radius 2 is 2.07 bits per heavy atom. The third-order valence-electron chi connectivity index (χ3n) is 2.09. The first kappa shape index (κ1) is 12.2. The summed E-state index contributed by atoms with van der Waals surface area (Å²) in [5.74, 6) is 0. The van der Waals surface area contributed by atoms with Crippen LogP contribution in [-0.2, 0) is 4.74 Å². The molecule has 0 radical (unpaired) electrons. The number of alkyl halides is 1. The monoisotopic (exact) mass is 218 g/mol. The van der Waals surface area contributed by atoms with Gasteiger partial charge in [-0.05, 0) is 27.8 Å². The van der Waals surface area contributed by atoms with Crippen LogP contribution < -0.4 is 5.32 Å². The van der Waals surface area contributed by atoms with E-state index in [1.807, 2.05) is 0 Å². The zero-order valence-corrected chi connectivity index (χ0v) is 9.76. The Hall–Kier alpha value is -0.840. The van der Waals surface area contributed by atoms with E-state index in [9.17, 15) is 9.18 Å². The maximum atomic E-state index is 13.6. The van der Waals surface area contributed by atoms with Gasteiger partial charge in [0.15, 0.2) is 5.67 Å². The molecule has 1 heterocycles. The van der Waals surface area contributed by atoms with Crippen LogP contribution in [-0.4, -0.2) is 48.9 Å². The van der Waals surface area contributed by atoms with Crippen LogP contribution in [0.25, 0.3) is 0 Å². The zero-order valence-electron chi connectivity index (χ0n) is 9.76. The largest absolute Gasteiger partial charge is 0.444 e. The van der Waals surface area contributed by atoms with Gasteiger partial charge in [0.1, 0.15) is 5.60 Å². The molecule has 0 aromatic carbocycles. The molecule has 5 heteroatoms. The Morgan fingerprint density at radius 1 is 1.53 bits per heavy atom. The van der Waals surface area contributed by atoms with E-state index in [2.05, 4.69) is 5.32 Å². The molecule has 1 saturated heterocycles. The quantitative estimate of drug-likeness (QED) is 0.756. The van der Waals surface area contributed by atoms with Gasteiger partial charge < -0.3 is 15.0 Å². The first-order valence-electron chi connectivity index (χ1n) is 5.07. The molecular formula is C10H19FN2O2. The summed E-state index contributed by atoms with van der Waals surface area (Å²) in [6.45, 7) is 5.88. The summed E-state index contributed by atoms with van der Waals surface area (Å²) >= 11 is 0. The van der Waals surface area contributed by atoms with Gasteiger partial charge in [0.25, 0.3) is 0 Å². The van der Waals surface area contributed by atoms with Crippen molar-refractivity contribution in [1.29, 1.82) is 0 Å². The van der Waals surface area contributed by atoms with Crippen LogP contribution in [0, 0.1) is 0 Å². The minimum Gasteiger partial charge on any atom is -0.444 e. The molecule has 1 fully saturated rings. The lowest BCUT2D eigenvalue weighted by Crippen LogP contribution is -2.64. The second kappa shape index (κ2) is 3.96. The van der Waals surface area contributed by atoms with Gasteiger partial charge in [0, 0.05) is 6.54 Å². The van der Waals surface area contributed by atoms with E-state index in [0.717, 1.165) is 0 Å². The van der Waals surface area contributed by atoms with Crippen molar-refractivity contribution in [2.45, 2.75) is 32.0 Å². The second-order valence-electron chi connectivity index (χ2n) is 5.02. The van der Waals surface area contributed by atoms with E-state index in [1.165, 1.54) is 4.90 Å². The summed E-state index contributed by atoms with van der Waals surface area (Å²) < 4.78 is 18.8. The van der Waals surface area contributed by atoms with E-state index in [1.54, 1.807) is 27.8 Å². The molecular weight excluding hydrogens is 199 g/mol. The summed E-state index contributed by atoms with van der Waals surface area (Å²) in [6.07, 6.45) is -0.438. The summed E-state index contributed by atoms with van der Waals surface area (Å²) in [6, 6.07) is 0. The highest BCUT2D eigenvalue weighted by Gasteiger charge is 2.46. The van der Waals surface area contributed by atoms with Crippen LogP contribution in [0.5, 0.6) is 0 Å². The van der Waals surface area contributed by atoms with Gasteiger partial charge >= 0.3 is 6.09 Å². The van der Waals surface area contributed by atoms with Gasteiger partial charge in [-0.25, -0.2) is 9.18 Å². The van der Waals surface area contributed by atoms with Crippen molar-refractivity contribution in [2.24, 2.45) is 0 Å². The van der Waals surface area contributed by atoms with Crippen LogP contribution in [0.1, 0.15) is 20.8 Å². The van der Waals surface area contributed by atoms with E-state index >= 15 is 0 Å². The van der Waals surface area contributed by atoms with Crippen molar-refractivity contribution in [1.82, 2.24) is 10.2 Å². The lowest BCUT2D eigenvalue weighted by Gasteiger charge is -2.44. The van der Waals surface area contributed by atoms with Gasteiger partial charge in [0.05, 0.1) is 13.1 Å². The zero-order chi connectivity index (χ0) is 11.7. The Labute approximate surface area is 89.8 Å². The van der Waals surface area contributed by atoms with Crippen molar-refractivity contribution in [3.05, 3.63) is 0 Å². The van der Waals surface area contributed by atoms with Crippen molar-refractivity contribution in [2.75, 3.05) is 26.7 Å². The molecule has 88 valence electrons. The highest BCUT2D eigenvalue weighted by Crippen LogP contribution is 2.26. The van der Waals surface area contributed by atoms with Crippen molar-refractivity contribution >= 4 is 6.09 Å². The van der Waals surface area contributed by atoms with Crippen molar-refractivity contribution in [3.63, 3.8) is 0 Å². The Kier molecular flexibility index (Phi) is 3.23. The maximum Gasteiger partial charge on any atom is 0.410 e. The normalized spacial score (nSPS) is 19.7. The Morgan fingerprint density at radius 3 is 2.47 bits per heavy atom. The number of nitrogens with zero attached hydrogens (tertiary/aromatic N) is 1. The molecule has 0 saturated carbocycles. The predicted molar refractivity (Wildman–Crippen MR) is 55.6 cm³/mol. The van der Waals surface area contributed by atoms with Gasteiger partial charge in [0.2, 0.25) is 0 Å². The fraction of sp³-hybridized carbons (Fsp3) is 0.900. The van der Waals surface area contributed by atoms with Crippen LogP contribution in [0.2, 0.25) is 0 Å². The topological polar surface area (TPSA) is 41.6 Å². The Bertz CT molecular complexity index is 244. The fourth-order valence-electron chi connectivity index (χ4n) is 1.52. The minimum absolute atomic E-state index is 0.114. The Balaban J connectivity index is 2.35. The predicted octanol–water partition coefficient (Wildman–Crippen LogP) is 1.16. The molecule has 0 aliphatic carbocycles. The number of hydrogen-bond acceptors (Lipinski definition) is 3. The van der Waals surface area contributed by atoms with E-state index in [4.69, 9.17) is 4.74 Å². The molecule has 0 aromatic heterocycles. The number of carbonyl (C=O) groups excluding carboxylic acids is 1. The van der Waals surface area contributed by atoms with Crippen LogP contribution in [0.3, 0.4) is 0 Å². The number of amides is 1. The van der Waals surface area contributed by atoms with Gasteiger partial charge in [-0.1, -0.05) is 0 Å². The summed E-state index contributed by atoms with van der Waals surface area (Å²) in [4.78, 5) is 12.8. The molecule has 0 bridgehead atoms. The van der Waals surface area contributed by atoms with E-state index in [0.29, 0.717) is 0 Å². The molecule has 1 rings (SSSR count). The first-order valence-corrected chi connectivity index (χ1v) is 5.07. The van der Waals surface area contributed by atoms with Gasteiger partial charge in [-0.2, -0.15) is 0 Å².